The number of hydrogen-bond donors (Lipinski definition) is 1. The maximum absolute atomic E-state index is 10.9. The van der Waals surface area contributed by atoms with Crippen LogP contribution in [0.5, 0.6) is 0 Å². The van der Waals surface area contributed by atoms with Crippen molar-refractivity contribution in [3.05, 3.63) is 47.5 Å². The van der Waals surface area contributed by atoms with Crippen LogP contribution in [0.15, 0.2) is 36.4 Å². The van der Waals surface area contributed by atoms with Crippen molar-refractivity contribution in [1.82, 2.24) is 0 Å². The van der Waals surface area contributed by atoms with E-state index in [1.807, 2.05) is 18.2 Å². The Kier molecular flexibility index (Phi) is 3.14. The first-order valence-electron chi connectivity index (χ1n) is 5.87. The number of aliphatic carboxylic acids is 1. The van der Waals surface area contributed by atoms with Gasteiger partial charge in [-0.3, -0.25) is 4.79 Å². The lowest BCUT2D eigenvalue weighted by molar-refractivity contribution is -0.138. The Bertz CT molecular complexity index is 558. The van der Waals surface area contributed by atoms with E-state index in [-0.39, 0.29) is 0 Å². The SMILES string of the molecule is CCc1ccc2cc([C@H](C)C(=O)O)ccc2c1. The van der Waals surface area contributed by atoms with E-state index in [1.54, 1.807) is 6.92 Å². The summed E-state index contributed by atoms with van der Waals surface area (Å²) < 4.78 is 0. The third kappa shape index (κ3) is 2.31. The number of aryl methyl sites for hydroxylation is 1. The molecule has 0 unspecified atom stereocenters. The number of rotatable bonds is 3. The summed E-state index contributed by atoms with van der Waals surface area (Å²) in [5.74, 6) is -1.24. The number of hydrogen-bond acceptors (Lipinski definition) is 1. The zero-order valence-electron chi connectivity index (χ0n) is 10.1. The van der Waals surface area contributed by atoms with Crippen LogP contribution in [0, 0.1) is 0 Å². The number of carboxylic acid groups (broad SMARTS) is 1. The first kappa shape index (κ1) is 11.6. The van der Waals surface area contributed by atoms with Gasteiger partial charge in [0.15, 0.2) is 0 Å². The van der Waals surface area contributed by atoms with Gasteiger partial charge in [0.2, 0.25) is 0 Å². The fraction of sp³-hybridized carbons (Fsp3) is 0.267. The fourth-order valence-corrected chi connectivity index (χ4v) is 1.95. The summed E-state index contributed by atoms with van der Waals surface area (Å²) in [6.45, 7) is 3.84. The van der Waals surface area contributed by atoms with Gasteiger partial charge in [-0.15, -0.1) is 0 Å². The van der Waals surface area contributed by atoms with Gasteiger partial charge < -0.3 is 5.11 Å². The van der Waals surface area contributed by atoms with Crippen molar-refractivity contribution < 1.29 is 9.90 Å². The molecule has 0 bridgehead atoms. The standard InChI is InChI=1S/C15H16O2/c1-3-11-4-5-14-9-12(10(2)15(16)17)6-7-13(14)8-11/h4-10H,3H2,1-2H3,(H,16,17)/t10-/m0/s1. The quantitative estimate of drug-likeness (QED) is 0.871. The predicted octanol–water partition coefficient (Wildman–Crippen LogP) is 3.59. The average molecular weight is 228 g/mol. The Morgan fingerprint density at radius 1 is 1.18 bits per heavy atom. The molecule has 2 heteroatoms. The molecule has 2 nitrogen and oxygen atoms in total. The molecule has 0 amide bonds. The van der Waals surface area contributed by atoms with Crippen LogP contribution in [-0.2, 0) is 11.2 Å². The van der Waals surface area contributed by atoms with Crippen molar-refractivity contribution in [2.75, 3.05) is 0 Å². The Morgan fingerprint density at radius 3 is 2.47 bits per heavy atom. The highest BCUT2D eigenvalue weighted by Crippen LogP contribution is 2.23. The van der Waals surface area contributed by atoms with Crippen LogP contribution >= 0.6 is 0 Å². The monoisotopic (exact) mass is 228 g/mol. The Labute approximate surface area is 101 Å². The van der Waals surface area contributed by atoms with Gasteiger partial charge in [0.25, 0.3) is 0 Å². The van der Waals surface area contributed by atoms with Gasteiger partial charge in [0.1, 0.15) is 0 Å². The molecule has 0 aliphatic carbocycles. The molecule has 17 heavy (non-hydrogen) atoms. The maximum Gasteiger partial charge on any atom is 0.310 e. The molecule has 0 spiro atoms. The molecule has 0 radical (unpaired) electrons. The highest BCUT2D eigenvalue weighted by atomic mass is 16.4. The molecule has 0 aliphatic heterocycles. The number of benzene rings is 2. The summed E-state index contributed by atoms with van der Waals surface area (Å²) in [5, 5.41) is 11.3. The predicted molar refractivity (Wildman–Crippen MR) is 69.4 cm³/mol. The minimum absolute atomic E-state index is 0.453. The van der Waals surface area contributed by atoms with E-state index in [0.29, 0.717) is 0 Å². The van der Waals surface area contributed by atoms with E-state index < -0.39 is 11.9 Å². The molecule has 1 atom stereocenters. The molecule has 0 heterocycles. The van der Waals surface area contributed by atoms with Gasteiger partial charge in [-0.2, -0.15) is 0 Å². The molecule has 2 aromatic rings. The molecular formula is C15H16O2. The molecular weight excluding hydrogens is 212 g/mol. The molecule has 0 aliphatic rings. The summed E-state index contributed by atoms with van der Waals surface area (Å²) in [6, 6.07) is 12.2. The van der Waals surface area contributed by atoms with Crippen molar-refractivity contribution >= 4 is 16.7 Å². The smallest absolute Gasteiger partial charge is 0.310 e. The molecule has 2 rings (SSSR count). The van der Waals surface area contributed by atoms with E-state index in [9.17, 15) is 4.79 Å². The summed E-state index contributed by atoms with van der Waals surface area (Å²) in [6.07, 6.45) is 1.02. The van der Waals surface area contributed by atoms with Crippen molar-refractivity contribution in [2.24, 2.45) is 0 Å². The number of carbonyl (C=O) groups is 1. The molecule has 0 saturated carbocycles. The third-order valence-corrected chi connectivity index (χ3v) is 3.21. The second-order valence-electron chi connectivity index (χ2n) is 4.35. The van der Waals surface area contributed by atoms with E-state index in [0.717, 1.165) is 17.4 Å². The molecule has 0 fully saturated rings. The fourth-order valence-electron chi connectivity index (χ4n) is 1.95. The van der Waals surface area contributed by atoms with Crippen molar-refractivity contribution in [2.45, 2.75) is 26.2 Å². The van der Waals surface area contributed by atoms with Crippen LogP contribution in [0.2, 0.25) is 0 Å². The molecule has 88 valence electrons. The molecule has 0 saturated heterocycles. The minimum atomic E-state index is -0.783. The largest absolute Gasteiger partial charge is 0.481 e. The summed E-state index contributed by atoms with van der Waals surface area (Å²) in [4.78, 5) is 10.9. The van der Waals surface area contributed by atoms with Gasteiger partial charge in [0.05, 0.1) is 5.92 Å². The van der Waals surface area contributed by atoms with E-state index in [2.05, 4.69) is 25.1 Å². The average Bonchev–Trinajstić information content (AvgIpc) is 2.36. The second-order valence-corrected chi connectivity index (χ2v) is 4.35. The zero-order chi connectivity index (χ0) is 12.4. The van der Waals surface area contributed by atoms with Gasteiger partial charge >= 0.3 is 5.97 Å². The van der Waals surface area contributed by atoms with Crippen molar-refractivity contribution in [3.8, 4) is 0 Å². The molecule has 1 N–H and O–H groups in total. The van der Waals surface area contributed by atoms with Crippen LogP contribution in [-0.4, -0.2) is 11.1 Å². The summed E-state index contributed by atoms with van der Waals surface area (Å²) in [5.41, 5.74) is 2.16. The lowest BCUT2D eigenvalue weighted by atomic mass is 9.97. The van der Waals surface area contributed by atoms with Crippen LogP contribution < -0.4 is 0 Å². The van der Waals surface area contributed by atoms with Gasteiger partial charge in [-0.25, -0.2) is 0 Å². The first-order chi connectivity index (χ1) is 8.11. The van der Waals surface area contributed by atoms with E-state index >= 15 is 0 Å². The minimum Gasteiger partial charge on any atom is -0.481 e. The van der Waals surface area contributed by atoms with Gasteiger partial charge in [-0.05, 0) is 35.2 Å². The van der Waals surface area contributed by atoms with Gasteiger partial charge in [-0.1, -0.05) is 43.3 Å². The van der Waals surface area contributed by atoms with Crippen molar-refractivity contribution in [3.63, 3.8) is 0 Å². The maximum atomic E-state index is 10.9. The lowest BCUT2D eigenvalue weighted by Gasteiger charge is -2.08. The Balaban J connectivity index is 2.48. The lowest BCUT2D eigenvalue weighted by Crippen LogP contribution is -2.07. The van der Waals surface area contributed by atoms with Crippen LogP contribution in [0.25, 0.3) is 10.8 Å². The highest BCUT2D eigenvalue weighted by molar-refractivity contribution is 5.85. The van der Waals surface area contributed by atoms with E-state index in [4.69, 9.17) is 5.11 Å². The zero-order valence-corrected chi connectivity index (χ0v) is 10.1. The van der Waals surface area contributed by atoms with E-state index in [1.165, 1.54) is 10.9 Å². The number of fused-ring (bicyclic) bond motifs is 1. The Hall–Kier alpha value is -1.83. The van der Waals surface area contributed by atoms with Crippen LogP contribution in [0.4, 0.5) is 0 Å². The Morgan fingerprint density at radius 2 is 1.82 bits per heavy atom. The second kappa shape index (κ2) is 4.58. The van der Waals surface area contributed by atoms with Crippen LogP contribution in [0.3, 0.4) is 0 Å². The topological polar surface area (TPSA) is 37.3 Å². The van der Waals surface area contributed by atoms with Crippen LogP contribution in [0.1, 0.15) is 30.9 Å². The van der Waals surface area contributed by atoms with Gasteiger partial charge in [0, 0.05) is 0 Å². The molecule has 2 aromatic carbocycles. The van der Waals surface area contributed by atoms with Crippen molar-refractivity contribution in [1.29, 1.82) is 0 Å². The summed E-state index contributed by atoms with van der Waals surface area (Å²) in [7, 11) is 0. The molecule has 0 aromatic heterocycles. The third-order valence-electron chi connectivity index (χ3n) is 3.21. The normalized spacial score (nSPS) is 12.6. The first-order valence-corrected chi connectivity index (χ1v) is 5.87. The number of carboxylic acids is 1. The highest BCUT2D eigenvalue weighted by Gasteiger charge is 2.13. The summed E-state index contributed by atoms with van der Waals surface area (Å²) >= 11 is 0.